The van der Waals surface area contributed by atoms with E-state index < -0.39 is 18.3 Å². The zero-order valence-electron chi connectivity index (χ0n) is 9.67. The van der Waals surface area contributed by atoms with Crippen molar-refractivity contribution in [2.75, 3.05) is 26.2 Å². The summed E-state index contributed by atoms with van der Waals surface area (Å²) in [6, 6.07) is 3.35. The molecule has 1 saturated heterocycles. The number of piperazine rings is 1. The van der Waals surface area contributed by atoms with E-state index in [9.17, 15) is 13.2 Å². The Morgan fingerprint density at radius 3 is 2.50 bits per heavy atom. The summed E-state index contributed by atoms with van der Waals surface area (Å²) < 4.78 is 40.6. The molecule has 1 aromatic carbocycles. The lowest BCUT2D eigenvalue weighted by molar-refractivity contribution is 0.0163. The summed E-state index contributed by atoms with van der Waals surface area (Å²) in [5.74, 6) is -0.596. The first-order valence-corrected chi connectivity index (χ1v) is 6.57. The fraction of sp³-hybridized carbons (Fsp3) is 0.500. The van der Waals surface area contributed by atoms with Gasteiger partial charge in [0.05, 0.1) is 10.5 Å². The van der Waals surface area contributed by atoms with Gasteiger partial charge in [0, 0.05) is 31.7 Å². The molecule has 1 heterocycles. The third-order valence-corrected chi connectivity index (χ3v) is 3.70. The quantitative estimate of drug-likeness (QED) is 0.920. The fourth-order valence-corrected chi connectivity index (χ4v) is 2.58. The number of benzene rings is 1. The average molecular weight is 323 g/mol. The van der Waals surface area contributed by atoms with Crippen molar-refractivity contribution in [2.45, 2.75) is 12.5 Å². The first-order chi connectivity index (χ1) is 8.61. The van der Waals surface area contributed by atoms with Crippen LogP contribution in [0.3, 0.4) is 0 Å². The summed E-state index contributed by atoms with van der Waals surface area (Å²) >= 11 is 3.04. The molecular formula is C12H14BrF3N2. The maximum Gasteiger partial charge on any atom is 0.258 e. The number of nitrogens with zero attached hydrogens (tertiary/aromatic N) is 1. The van der Waals surface area contributed by atoms with Gasteiger partial charge in [-0.2, -0.15) is 0 Å². The molecule has 0 aromatic heterocycles. The van der Waals surface area contributed by atoms with Crippen LogP contribution < -0.4 is 5.32 Å². The molecule has 0 radical (unpaired) electrons. The summed E-state index contributed by atoms with van der Waals surface area (Å²) in [5.41, 5.74) is 0.0567. The van der Waals surface area contributed by atoms with Crippen molar-refractivity contribution < 1.29 is 13.2 Å². The van der Waals surface area contributed by atoms with E-state index in [4.69, 9.17) is 0 Å². The van der Waals surface area contributed by atoms with Gasteiger partial charge in [-0.05, 0) is 22.0 Å². The molecule has 0 spiro atoms. The van der Waals surface area contributed by atoms with Gasteiger partial charge in [-0.15, -0.1) is 0 Å². The minimum atomic E-state index is -2.60. The van der Waals surface area contributed by atoms with Crippen LogP contribution in [0.25, 0.3) is 0 Å². The van der Waals surface area contributed by atoms with Crippen LogP contribution in [0.15, 0.2) is 22.7 Å². The van der Waals surface area contributed by atoms with Gasteiger partial charge in [0.25, 0.3) is 6.43 Å². The van der Waals surface area contributed by atoms with E-state index in [0.29, 0.717) is 26.2 Å². The van der Waals surface area contributed by atoms with Crippen molar-refractivity contribution in [3.05, 3.63) is 34.1 Å². The predicted molar refractivity (Wildman–Crippen MR) is 67.3 cm³/mol. The van der Waals surface area contributed by atoms with Gasteiger partial charge in [-0.25, -0.2) is 13.2 Å². The molecule has 0 bridgehead atoms. The second kappa shape index (κ2) is 6.04. The normalized spacial score (nSPS) is 19.2. The predicted octanol–water partition coefficient (Wildman–Crippen LogP) is 2.80. The summed E-state index contributed by atoms with van der Waals surface area (Å²) in [5, 5.41) is 3.10. The maximum atomic E-state index is 13.9. The SMILES string of the molecule is Fc1c(Br)cccc1[C@@H](C(F)F)N1CCNCC1. The third-order valence-electron chi connectivity index (χ3n) is 3.08. The lowest BCUT2D eigenvalue weighted by atomic mass is 10.0. The summed E-state index contributed by atoms with van der Waals surface area (Å²) in [6.07, 6.45) is -2.60. The van der Waals surface area contributed by atoms with E-state index >= 15 is 0 Å². The lowest BCUT2D eigenvalue weighted by Gasteiger charge is -2.34. The van der Waals surface area contributed by atoms with Crippen LogP contribution in [0.5, 0.6) is 0 Å². The van der Waals surface area contributed by atoms with Crippen LogP contribution in [-0.2, 0) is 0 Å². The van der Waals surface area contributed by atoms with Gasteiger partial charge in [0.1, 0.15) is 5.82 Å². The van der Waals surface area contributed by atoms with Crippen LogP contribution in [0.1, 0.15) is 11.6 Å². The van der Waals surface area contributed by atoms with Crippen molar-refractivity contribution in [3.63, 3.8) is 0 Å². The van der Waals surface area contributed by atoms with Crippen LogP contribution in [-0.4, -0.2) is 37.5 Å². The van der Waals surface area contributed by atoms with E-state index in [0.717, 1.165) is 0 Å². The second-order valence-corrected chi connectivity index (χ2v) is 5.06. The van der Waals surface area contributed by atoms with Gasteiger partial charge >= 0.3 is 0 Å². The molecule has 1 atom stereocenters. The Morgan fingerprint density at radius 2 is 1.89 bits per heavy atom. The van der Waals surface area contributed by atoms with E-state index in [-0.39, 0.29) is 10.0 Å². The highest BCUT2D eigenvalue weighted by molar-refractivity contribution is 9.10. The van der Waals surface area contributed by atoms with Gasteiger partial charge in [-0.1, -0.05) is 12.1 Å². The summed E-state index contributed by atoms with van der Waals surface area (Å²) in [6.45, 7) is 2.31. The maximum absolute atomic E-state index is 13.9. The summed E-state index contributed by atoms with van der Waals surface area (Å²) in [7, 11) is 0. The first kappa shape index (κ1) is 13.8. The molecule has 18 heavy (non-hydrogen) atoms. The molecule has 2 nitrogen and oxygen atoms in total. The molecule has 0 saturated carbocycles. The summed E-state index contributed by atoms with van der Waals surface area (Å²) in [4.78, 5) is 1.63. The Balaban J connectivity index is 2.31. The highest BCUT2D eigenvalue weighted by Gasteiger charge is 2.32. The van der Waals surface area contributed by atoms with Crippen molar-refractivity contribution in [1.29, 1.82) is 0 Å². The molecule has 1 aromatic rings. The second-order valence-electron chi connectivity index (χ2n) is 4.21. The first-order valence-electron chi connectivity index (χ1n) is 5.78. The average Bonchev–Trinajstić information content (AvgIpc) is 2.36. The van der Waals surface area contributed by atoms with Crippen molar-refractivity contribution in [1.82, 2.24) is 10.2 Å². The van der Waals surface area contributed by atoms with Crippen molar-refractivity contribution >= 4 is 15.9 Å². The standard InChI is InChI=1S/C12H14BrF3N2/c13-9-3-1-2-8(10(9)14)11(12(15)16)18-6-4-17-5-7-18/h1-3,11-12,17H,4-7H2/t11-/m0/s1. The number of rotatable bonds is 3. The van der Waals surface area contributed by atoms with Crippen molar-refractivity contribution in [3.8, 4) is 0 Å². The fourth-order valence-electron chi connectivity index (χ4n) is 2.20. The zero-order valence-corrected chi connectivity index (χ0v) is 11.3. The Bertz CT molecular complexity index is 408. The number of nitrogens with one attached hydrogen (secondary N) is 1. The molecule has 1 fully saturated rings. The van der Waals surface area contributed by atoms with E-state index in [1.165, 1.54) is 12.1 Å². The smallest absolute Gasteiger partial charge is 0.258 e. The molecule has 0 unspecified atom stereocenters. The highest BCUT2D eigenvalue weighted by Crippen LogP contribution is 2.32. The lowest BCUT2D eigenvalue weighted by Crippen LogP contribution is -2.47. The molecule has 0 aliphatic carbocycles. The van der Waals surface area contributed by atoms with Crippen LogP contribution >= 0.6 is 15.9 Å². The molecule has 1 aliphatic rings. The molecular weight excluding hydrogens is 309 g/mol. The monoisotopic (exact) mass is 322 g/mol. The minimum absolute atomic E-state index is 0.0567. The number of hydrogen-bond acceptors (Lipinski definition) is 2. The molecule has 1 N–H and O–H groups in total. The van der Waals surface area contributed by atoms with Crippen LogP contribution in [0, 0.1) is 5.82 Å². The van der Waals surface area contributed by atoms with Gasteiger partial charge in [0.15, 0.2) is 0 Å². The van der Waals surface area contributed by atoms with Gasteiger partial charge in [-0.3, -0.25) is 4.90 Å². The zero-order chi connectivity index (χ0) is 13.1. The largest absolute Gasteiger partial charge is 0.314 e. The van der Waals surface area contributed by atoms with E-state index in [2.05, 4.69) is 21.2 Å². The van der Waals surface area contributed by atoms with Gasteiger partial charge < -0.3 is 5.32 Å². The molecule has 1 aliphatic heterocycles. The van der Waals surface area contributed by atoms with Crippen molar-refractivity contribution in [2.24, 2.45) is 0 Å². The molecule has 2 rings (SSSR count). The van der Waals surface area contributed by atoms with Crippen LogP contribution in [0.4, 0.5) is 13.2 Å². The number of alkyl halides is 2. The molecule has 0 amide bonds. The number of hydrogen-bond donors (Lipinski definition) is 1. The third kappa shape index (κ3) is 2.87. The Morgan fingerprint density at radius 1 is 1.22 bits per heavy atom. The Labute approximate surface area is 112 Å². The van der Waals surface area contributed by atoms with E-state index in [1.807, 2.05) is 0 Å². The molecule has 6 heteroatoms. The van der Waals surface area contributed by atoms with E-state index in [1.54, 1.807) is 11.0 Å². The highest BCUT2D eigenvalue weighted by atomic mass is 79.9. The Hall–Kier alpha value is -0.590. The topological polar surface area (TPSA) is 15.3 Å². The minimum Gasteiger partial charge on any atom is -0.314 e. The van der Waals surface area contributed by atoms with Crippen LogP contribution in [0.2, 0.25) is 0 Å². The molecule has 100 valence electrons. The van der Waals surface area contributed by atoms with Gasteiger partial charge in [0.2, 0.25) is 0 Å². The Kier molecular flexibility index (Phi) is 4.64. The number of halogens is 4.